The second kappa shape index (κ2) is 10.0. The SMILES string of the molecule is CCc1cccc(CC)c1N1C(=O)c2ccc3c4ccc5c6c(ccc(c7ccc(c2c37)C1=O)c64)C(=O)N(c1ccccc1CO)C5=O. The van der Waals surface area contributed by atoms with E-state index in [1.807, 2.05) is 56.3 Å². The van der Waals surface area contributed by atoms with Gasteiger partial charge in [0.2, 0.25) is 0 Å². The van der Waals surface area contributed by atoms with Crippen molar-refractivity contribution in [3.05, 3.63) is 130 Å². The Morgan fingerprint density at radius 1 is 0.458 bits per heavy atom. The summed E-state index contributed by atoms with van der Waals surface area (Å²) >= 11 is 0. The Balaban J connectivity index is 1.30. The monoisotopic (exact) mass is 628 g/mol. The first kappa shape index (κ1) is 28.3. The molecular weight excluding hydrogens is 600 g/mol. The summed E-state index contributed by atoms with van der Waals surface area (Å²) in [6, 6.07) is 27.5. The minimum atomic E-state index is -0.455. The van der Waals surface area contributed by atoms with Crippen molar-refractivity contribution < 1.29 is 24.3 Å². The molecule has 1 N–H and O–H groups in total. The normalized spacial score (nSPS) is 14.5. The van der Waals surface area contributed by atoms with Gasteiger partial charge in [0.15, 0.2) is 0 Å². The molecule has 48 heavy (non-hydrogen) atoms. The maximum absolute atomic E-state index is 14.3. The molecule has 0 radical (unpaired) electrons. The summed E-state index contributed by atoms with van der Waals surface area (Å²) in [5, 5.41) is 16.1. The van der Waals surface area contributed by atoms with Gasteiger partial charge in [0, 0.05) is 38.6 Å². The van der Waals surface area contributed by atoms with Gasteiger partial charge < -0.3 is 5.11 Å². The van der Waals surface area contributed by atoms with E-state index < -0.39 is 11.8 Å². The average Bonchev–Trinajstić information content (AvgIpc) is 3.12. The smallest absolute Gasteiger partial charge is 0.266 e. The third kappa shape index (κ3) is 3.46. The van der Waals surface area contributed by atoms with E-state index >= 15 is 0 Å². The highest BCUT2D eigenvalue weighted by molar-refractivity contribution is 6.45. The van der Waals surface area contributed by atoms with Gasteiger partial charge in [-0.3, -0.25) is 19.2 Å². The lowest BCUT2D eigenvalue weighted by molar-refractivity contribution is 0.0877. The fraction of sp³-hybridized carbons (Fsp3) is 0.122. The van der Waals surface area contributed by atoms with Crippen molar-refractivity contribution in [2.24, 2.45) is 0 Å². The number of imide groups is 2. The Morgan fingerprint density at radius 3 is 1.27 bits per heavy atom. The molecule has 2 aliphatic heterocycles. The lowest BCUT2D eigenvalue weighted by Crippen LogP contribution is -2.41. The molecule has 2 aliphatic rings. The molecule has 7 nitrogen and oxygen atoms in total. The Labute approximate surface area is 274 Å². The van der Waals surface area contributed by atoms with Gasteiger partial charge in [-0.2, -0.15) is 0 Å². The average molecular weight is 629 g/mol. The van der Waals surface area contributed by atoms with Gasteiger partial charge in [-0.05, 0) is 86.6 Å². The predicted octanol–water partition coefficient (Wildman–Crippen LogP) is 7.96. The zero-order valence-corrected chi connectivity index (χ0v) is 26.3. The molecule has 0 saturated carbocycles. The van der Waals surface area contributed by atoms with Gasteiger partial charge in [0.05, 0.1) is 18.0 Å². The quantitative estimate of drug-likeness (QED) is 0.119. The first-order valence-electron chi connectivity index (χ1n) is 16.2. The van der Waals surface area contributed by atoms with Crippen LogP contribution in [0.5, 0.6) is 0 Å². The van der Waals surface area contributed by atoms with Gasteiger partial charge in [0.25, 0.3) is 23.6 Å². The standard InChI is InChI=1S/C41H28N2O5/c1-3-21-9-7-10-22(4-2)37(21)43-40(47)30-18-14-26-24-12-16-28-35-29(39(46)42(38(28)45)32-11-6-5-8-23(32)20-44)17-13-25(33(24)35)27-15-19-31(41(43)48)36(30)34(26)27/h5-19,44H,3-4,20H2,1-2H3. The molecule has 7 heteroatoms. The van der Waals surface area contributed by atoms with Crippen molar-refractivity contribution in [1.29, 1.82) is 0 Å². The fourth-order valence-corrected chi connectivity index (χ4v) is 8.05. The van der Waals surface area contributed by atoms with Crippen LogP contribution in [0.4, 0.5) is 11.4 Å². The fourth-order valence-electron chi connectivity index (χ4n) is 8.05. The van der Waals surface area contributed by atoms with Gasteiger partial charge in [-0.1, -0.05) is 74.5 Å². The Morgan fingerprint density at radius 2 is 0.854 bits per heavy atom. The number of benzene rings is 7. The van der Waals surface area contributed by atoms with Crippen LogP contribution >= 0.6 is 0 Å². The van der Waals surface area contributed by atoms with Crippen molar-refractivity contribution in [2.75, 3.05) is 9.80 Å². The number of aryl methyl sites for hydroxylation is 2. The number of hydrogen-bond acceptors (Lipinski definition) is 5. The second-order valence-electron chi connectivity index (χ2n) is 12.5. The van der Waals surface area contributed by atoms with E-state index in [1.165, 1.54) is 4.90 Å². The molecular formula is C41H28N2O5. The summed E-state index contributed by atoms with van der Waals surface area (Å²) in [5.74, 6) is -1.60. The van der Waals surface area contributed by atoms with Crippen molar-refractivity contribution in [2.45, 2.75) is 33.3 Å². The molecule has 0 atom stereocenters. The Kier molecular flexibility index (Phi) is 5.92. The molecule has 0 saturated heterocycles. The van der Waals surface area contributed by atoms with E-state index in [-0.39, 0.29) is 18.4 Å². The molecule has 0 bridgehead atoms. The van der Waals surface area contributed by atoms with Gasteiger partial charge in [-0.25, -0.2) is 9.80 Å². The van der Waals surface area contributed by atoms with E-state index in [0.29, 0.717) is 62.8 Å². The van der Waals surface area contributed by atoms with Crippen LogP contribution < -0.4 is 9.80 Å². The number of aliphatic hydroxyl groups is 1. The van der Waals surface area contributed by atoms with Crippen LogP contribution in [0, 0.1) is 0 Å². The molecule has 7 aromatic rings. The third-order valence-electron chi connectivity index (χ3n) is 10.2. The minimum Gasteiger partial charge on any atom is -0.392 e. The molecule has 232 valence electrons. The van der Waals surface area contributed by atoms with Crippen LogP contribution in [0.15, 0.2) is 91.0 Å². The van der Waals surface area contributed by atoms with Crippen LogP contribution in [0.2, 0.25) is 0 Å². The Bertz CT molecular complexity index is 2480. The van der Waals surface area contributed by atoms with E-state index in [0.717, 1.165) is 48.3 Å². The highest BCUT2D eigenvalue weighted by Crippen LogP contribution is 2.47. The summed E-state index contributed by atoms with van der Waals surface area (Å²) < 4.78 is 0. The summed E-state index contributed by atoms with van der Waals surface area (Å²) in [4.78, 5) is 59.2. The van der Waals surface area contributed by atoms with Gasteiger partial charge >= 0.3 is 0 Å². The molecule has 0 fully saturated rings. The zero-order valence-electron chi connectivity index (χ0n) is 26.3. The van der Waals surface area contributed by atoms with E-state index in [1.54, 1.807) is 48.5 Å². The van der Waals surface area contributed by atoms with E-state index in [4.69, 9.17) is 0 Å². The number of carbonyl (C=O) groups excluding carboxylic acids is 4. The van der Waals surface area contributed by atoms with Crippen LogP contribution in [-0.2, 0) is 19.4 Å². The van der Waals surface area contributed by atoms with Crippen LogP contribution in [0.25, 0.3) is 43.1 Å². The van der Waals surface area contributed by atoms with Crippen molar-refractivity contribution in [1.82, 2.24) is 0 Å². The maximum Gasteiger partial charge on any atom is 0.266 e. The van der Waals surface area contributed by atoms with Crippen molar-refractivity contribution >= 4 is 78.1 Å². The number of amides is 4. The predicted molar refractivity (Wildman–Crippen MR) is 187 cm³/mol. The highest BCUT2D eigenvalue weighted by atomic mass is 16.3. The maximum atomic E-state index is 14.3. The molecule has 7 aromatic carbocycles. The summed E-state index contributed by atoms with van der Waals surface area (Å²) in [7, 11) is 0. The van der Waals surface area contributed by atoms with E-state index in [2.05, 4.69) is 0 Å². The molecule has 2 heterocycles. The number of anilines is 2. The molecule has 9 rings (SSSR count). The number of carbonyl (C=O) groups is 4. The summed E-state index contributed by atoms with van der Waals surface area (Å²) in [5.41, 5.74) is 5.13. The number of hydrogen-bond donors (Lipinski definition) is 1. The van der Waals surface area contributed by atoms with Crippen molar-refractivity contribution in [3.8, 4) is 0 Å². The van der Waals surface area contributed by atoms with Crippen molar-refractivity contribution in [3.63, 3.8) is 0 Å². The topological polar surface area (TPSA) is 95.0 Å². The minimum absolute atomic E-state index is 0.314. The first-order chi connectivity index (χ1) is 23.4. The highest BCUT2D eigenvalue weighted by Gasteiger charge is 2.39. The first-order valence-corrected chi connectivity index (χ1v) is 16.2. The molecule has 0 aliphatic carbocycles. The van der Waals surface area contributed by atoms with Gasteiger partial charge in [-0.15, -0.1) is 0 Å². The van der Waals surface area contributed by atoms with E-state index in [9.17, 15) is 24.3 Å². The molecule has 0 unspecified atom stereocenters. The number of rotatable bonds is 5. The lowest BCUT2D eigenvalue weighted by Gasteiger charge is -2.32. The molecule has 4 amide bonds. The van der Waals surface area contributed by atoms with Crippen LogP contribution in [0.1, 0.15) is 72.0 Å². The number of aliphatic hydroxyl groups excluding tert-OH is 1. The molecule has 0 aromatic heterocycles. The largest absolute Gasteiger partial charge is 0.392 e. The number of fused-ring (bicyclic) bond motifs is 2. The second-order valence-corrected chi connectivity index (χ2v) is 12.5. The number of para-hydroxylation sites is 2. The zero-order chi connectivity index (χ0) is 33.0. The van der Waals surface area contributed by atoms with Gasteiger partial charge in [0.1, 0.15) is 0 Å². The lowest BCUT2D eigenvalue weighted by atomic mass is 9.82. The number of nitrogens with zero attached hydrogens (tertiary/aromatic N) is 2. The molecule has 0 spiro atoms. The van der Waals surface area contributed by atoms with Crippen LogP contribution in [0.3, 0.4) is 0 Å². The third-order valence-corrected chi connectivity index (χ3v) is 10.2. The summed E-state index contributed by atoms with van der Waals surface area (Å²) in [6.07, 6.45) is 1.36. The Hall–Kier alpha value is -5.92. The summed E-state index contributed by atoms with van der Waals surface area (Å²) in [6.45, 7) is 3.74. The van der Waals surface area contributed by atoms with Crippen LogP contribution in [-0.4, -0.2) is 28.7 Å².